The zero-order chi connectivity index (χ0) is 14.7. The molecule has 9 nitrogen and oxygen atoms in total. The van der Waals surface area contributed by atoms with Crippen LogP contribution in [0, 0.1) is 0 Å². The molecule has 0 aromatic carbocycles. The van der Waals surface area contributed by atoms with Crippen molar-refractivity contribution in [1.29, 1.82) is 0 Å². The van der Waals surface area contributed by atoms with Crippen molar-refractivity contribution in [3.05, 3.63) is 30.4 Å². The number of rotatable bonds is 5. The number of carboxylic acids is 1. The maximum absolute atomic E-state index is 12.0. The van der Waals surface area contributed by atoms with Crippen LogP contribution in [0.4, 0.5) is 0 Å². The summed E-state index contributed by atoms with van der Waals surface area (Å²) in [7, 11) is 0. The molecule has 4 N–H and O–H groups in total. The van der Waals surface area contributed by atoms with Crippen LogP contribution in [0.1, 0.15) is 16.8 Å². The molecule has 2 aromatic heterocycles. The first-order valence-electron chi connectivity index (χ1n) is 5.58. The topological polar surface area (TPSA) is 140 Å². The number of carboxylic acid groups (broad SMARTS) is 1. The molecule has 1 unspecified atom stereocenters. The fourth-order valence-electron chi connectivity index (χ4n) is 1.65. The molecule has 0 bridgehead atoms. The second kappa shape index (κ2) is 5.34. The number of hydrogen-bond donors (Lipinski definition) is 3. The van der Waals surface area contributed by atoms with E-state index in [2.05, 4.69) is 15.4 Å². The monoisotopic (exact) mass is 277 g/mol. The average molecular weight is 277 g/mol. The SMILES string of the molecule is NC(=O)CC(NC(=O)c1cnn2ccncc12)C(=O)O. The van der Waals surface area contributed by atoms with Crippen molar-refractivity contribution in [2.45, 2.75) is 12.5 Å². The van der Waals surface area contributed by atoms with Gasteiger partial charge in [-0.05, 0) is 0 Å². The first kappa shape index (κ1) is 13.5. The predicted molar refractivity (Wildman–Crippen MR) is 65.7 cm³/mol. The quantitative estimate of drug-likeness (QED) is 0.626. The van der Waals surface area contributed by atoms with E-state index >= 15 is 0 Å². The van der Waals surface area contributed by atoms with Crippen molar-refractivity contribution < 1.29 is 19.5 Å². The molecule has 2 aromatic rings. The summed E-state index contributed by atoms with van der Waals surface area (Å²) >= 11 is 0. The number of fused-ring (bicyclic) bond motifs is 1. The lowest BCUT2D eigenvalue weighted by molar-refractivity contribution is -0.140. The summed E-state index contributed by atoms with van der Waals surface area (Å²) in [5.74, 6) is -2.83. The number of nitrogens with zero attached hydrogens (tertiary/aromatic N) is 3. The molecule has 1 atom stereocenters. The molecule has 0 saturated carbocycles. The van der Waals surface area contributed by atoms with Gasteiger partial charge in [-0.25, -0.2) is 9.31 Å². The van der Waals surface area contributed by atoms with Crippen molar-refractivity contribution in [3.8, 4) is 0 Å². The van der Waals surface area contributed by atoms with Gasteiger partial charge in [0.15, 0.2) is 0 Å². The van der Waals surface area contributed by atoms with Gasteiger partial charge in [0.1, 0.15) is 6.04 Å². The molecule has 2 heterocycles. The van der Waals surface area contributed by atoms with E-state index < -0.39 is 30.2 Å². The summed E-state index contributed by atoms with van der Waals surface area (Å²) in [6, 6.07) is -1.38. The molecular formula is C11H11N5O4. The van der Waals surface area contributed by atoms with Crippen LogP contribution in [0.2, 0.25) is 0 Å². The van der Waals surface area contributed by atoms with Gasteiger partial charge in [-0.2, -0.15) is 5.10 Å². The van der Waals surface area contributed by atoms with E-state index in [0.717, 1.165) is 0 Å². The van der Waals surface area contributed by atoms with Gasteiger partial charge in [0.2, 0.25) is 5.91 Å². The Kier molecular flexibility index (Phi) is 3.60. The smallest absolute Gasteiger partial charge is 0.326 e. The van der Waals surface area contributed by atoms with E-state index in [-0.39, 0.29) is 5.56 Å². The molecule has 0 aliphatic rings. The van der Waals surface area contributed by atoms with Crippen LogP contribution in [0.3, 0.4) is 0 Å². The molecule has 0 radical (unpaired) electrons. The standard InChI is InChI=1S/C11H11N5O4/c12-9(17)3-7(11(19)20)15-10(18)6-4-14-16-2-1-13-5-8(6)16/h1-2,4-5,7H,3H2,(H2,12,17)(H,15,18)(H,19,20). The van der Waals surface area contributed by atoms with Gasteiger partial charge >= 0.3 is 5.97 Å². The van der Waals surface area contributed by atoms with Crippen LogP contribution in [0.5, 0.6) is 0 Å². The lowest BCUT2D eigenvalue weighted by Crippen LogP contribution is -2.43. The zero-order valence-electron chi connectivity index (χ0n) is 10.2. The predicted octanol–water partition coefficient (Wildman–Crippen LogP) is -1.21. The molecule has 0 aliphatic heterocycles. The highest BCUT2D eigenvalue weighted by Gasteiger charge is 2.24. The second-order valence-electron chi connectivity index (χ2n) is 4.00. The molecule has 0 fully saturated rings. The lowest BCUT2D eigenvalue weighted by Gasteiger charge is -2.11. The van der Waals surface area contributed by atoms with Crippen molar-refractivity contribution in [2.75, 3.05) is 0 Å². The van der Waals surface area contributed by atoms with E-state index in [1.165, 1.54) is 23.1 Å². The summed E-state index contributed by atoms with van der Waals surface area (Å²) in [6.45, 7) is 0. The van der Waals surface area contributed by atoms with Gasteiger partial charge in [-0.1, -0.05) is 0 Å². The number of amides is 2. The second-order valence-corrected chi connectivity index (χ2v) is 4.00. The molecule has 2 rings (SSSR count). The van der Waals surface area contributed by atoms with Crippen molar-refractivity contribution in [1.82, 2.24) is 19.9 Å². The van der Waals surface area contributed by atoms with Gasteiger partial charge in [-0.15, -0.1) is 0 Å². The number of aromatic nitrogens is 3. The number of carbonyl (C=O) groups excluding carboxylic acids is 2. The highest BCUT2D eigenvalue weighted by Crippen LogP contribution is 2.09. The molecule has 2 amide bonds. The number of nitrogens with one attached hydrogen (secondary N) is 1. The van der Waals surface area contributed by atoms with E-state index in [1.807, 2.05) is 0 Å². The summed E-state index contributed by atoms with van der Waals surface area (Å²) in [5.41, 5.74) is 5.52. The van der Waals surface area contributed by atoms with E-state index in [1.54, 1.807) is 6.20 Å². The van der Waals surface area contributed by atoms with Crippen molar-refractivity contribution in [2.24, 2.45) is 5.73 Å². The molecule has 104 valence electrons. The third kappa shape index (κ3) is 2.71. The maximum atomic E-state index is 12.0. The largest absolute Gasteiger partial charge is 0.480 e. The van der Waals surface area contributed by atoms with Crippen LogP contribution in [-0.2, 0) is 9.59 Å². The Hall–Kier alpha value is -2.97. The Morgan fingerprint density at radius 1 is 1.40 bits per heavy atom. The lowest BCUT2D eigenvalue weighted by atomic mass is 10.2. The van der Waals surface area contributed by atoms with Crippen LogP contribution in [-0.4, -0.2) is 43.5 Å². The third-order valence-corrected chi connectivity index (χ3v) is 2.58. The van der Waals surface area contributed by atoms with E-state index in [9.17, 15) is 14.4 Å². The number of carbonyl (C=O) groups is 3. The molecule has 0 saturated heterocycles. The number of hydrogen-bond acceptors (Lipinski definition) is 5. The normalized spacial score (nSPS) is 12.0. The highest BCUT2D eigenvalue weighted by molar-refractivity contribution is 6.02. The van der Waals surface area contributed by atoms with E-state index in [0.29, 0.717) is 5.52 Å². The van der Waals surface area contributed by atoms with Gasteiger partial charge in [0.05, 0.1) is 29.9 Å². The first-order chi connectivity index (χ1) is 9.49. The zero-order valence-corrected chi connectivity index (χ0v) is 10.2. The highest BCUT2D eigenvalue weighted by atomic mass is 16.4. The van der Waals surface area contributed by atoms with Gasteiger partial charge < -0.3 is 16.2 Å². The number of primary amides is 1. The summed E-state index contributed by atoms with van der Waals surface area (Å²) in [5, 5.41) is 15.1. The van der Waals surface area contributed by atoms with Gasteiger partial charge in [0, 0.05) is 12.4 Å². The Morgan fingerprint density at radius 2 is 2.15 bits per heavy atom. The molecular weight excluding hydrogens is 266 g/mol. The minimum Gasteiger partial charge on any atom is -0.480 e. The van der Waals surface area contributed by atoms with Gasteiger partial charge in [-0.3, -0.25) is 14.6 Å². The van der Waals surface area contributed by atoms with E-state index in [4.69, 9.17) is 10.8 Å². The molecule has 20 heavy (non-hydrogen) atoms. The molecule has 0 aliphatic carbocycles. The maximum Gasteiger partial charge on any atom is 0.326 e. The number of aliphatic carboxylic acids is 1. The van der Waals surface area contributed by atoms with Gasteiger partial charge in [0.25, 0.3) is 5.91 Å². The molecule has 0 spiro atoms. The Bertz CT molecular complexity index is 680. The summed E-state index contributed by atoms with van der Waals surface area (Å²) in [6.07, 6.45) is 5.26. The van der Waals surface area contributed by atoms with Crippen molar-refractivity contribution >= 4 is 23.3 Å². The van der Waals surface area contributed by atoms with Crippen LogP contribution >= 0.6 is 0 Å². The van der Waals surface area contributed by atoms with Crippen LogP contribution < -0.4 is 11.1 Å². The molecule has 9 heteroatoms. The van der Waals surface area contributed by atoms with Crippen LogP contribution in [0.25, 0.3) is 5.52 Å². The fourth-order valence-corrected chi connectivity index (χ4v) is 1.65. The van der Waals surface area contributed by atoms with Crippen molar-refractivity contribution in [3.63, 3.8) is 0 Å². The average Bonchev–Trinajstić information content (AvgIpc) is 2.81. The summed E-state index contributed by atoms with van der Waals surface area (Å²) in [4.78, 5) is 37.6. The Balaban J connectivity index is 2.22. The summed E-state index contributed by atoms with van der Waals surface area (Å²) < 4.78 is 1.42. The Labute approximate surface area is 112 Å². The minimum absolute atomic E-state index is 0.161. The fraction of sp³-hybridized carbons (Fsp3) is 0.182. The Morgan fingerprint density at radius 3 is 2.80 bits per heavy atom. The number of nitrogens with two attached hydrogens (primary N) is 1. The third-order valence-electron chi connectivity index (χ3n) is 2.58. The minimum atomic E-state index is -1.38. The first-order valence-corrected chi connectivity index (χ1v) is 5.58. The van der Waals surface area contributed by atoms with Crippen LogP contribution in [0.15, 0.2) is 24.8 Å².